The van der Waals surface area contributed by atoms with Crippen LogP contribution in [0.25, 0.3) is 0 Å². The van der Waals surface area contributed by atoms with Crippen LogP contribution in [-0.4, -0.2) is 137 Å². The van der Waals surface area contributed by atoms with Gasteiger partial charge < -0.3 is 50.8 Å². The number of nitrogens with one attached hydrogen (secondary N) is 6. The maximum atomic E-state index is 12.8. The summed E-state index contributed by atoms with van der Waals surface area (Å²) < 4.78 is 27.8. The van der Waals surface area contributed by atoms with E-state index in [1.807, 2.05) is 66.9 Å². The van der Waals surface area contributed by atoms with Gasteiger partial charge in [0.25, 0.3) is 5.91 Å². The molecule has 6 N–H and O–H groups in total. The van der Waals surface area contributed by atoms with E-state index in [1.54, 1.807) is 12.1 Å². The summed E-state index contributed by atoms with van der Waals surface area (Å²) in [5.74, 6) is 1.36. The second kappa shape index (κ2) is 35.9. The number of Topliss-reactive ketones (excluding diaryl/α,β-unsaturated/α-hetero) is 1. The number of hydrogen-bond donors (Lipinski definition) is 6. The zero-order chi connectivity index (χ0) is 62.6. The second-order valence-corrected chi connectivity index (χ2v) is 25.9. The Kier molecular flexibility index (Phi) is 29.6. The molecule has 0 saturated carbocycles. The van der Waals surface area contributed by atoms with Crippen LogP contribution in [0, 0.1) is 5.41 Å². The molecule has 86 heavy (non-hydrogen) atoms. The number of rotatable bonds is 35. The van der Waals surface area contributed by atoms with Crippen LogP contribution in [0.15, 0.2) is 48.5 Å². The number of carbonyl (C=O) groups excluding carboxylic acids is 4. The molecule has 0 radical (unpaired) electrons. The number of nitrogens with zero attached hydrogens (tertiary/aromatic N) is 6. The van der Waals surface area contributed by atoms with E-state index in [-0.39, 0.29) is 71.0 Å². The molecule has 0 bridgehead atoms. The number of hydrogen-bond acceptors (Lipinski definition) is 15. The molecular weight excluding hydrogens is 1090 g/mol. The van der Waals surface area contributed by atoms with Gasteiger partial charge in [-0.25, -0.2) is 9.36 Å². The van der Waals surface area contributed by atoms with E-state index in [0.29, 0.717) is 63.5 Å². The second-order valence-electron chi connectivity index (χ2n) is 25.9. The highest BCUT2D eigenvalue weighted by atomic mass is 16.5. The van der Waals surface area contributed by atoms with Gasteiger partial charge in [0.2, 0.25) is 11.8 Å². The third kappa shape index (κ3) is 25.1. The highest BCUT2D eigenvalue weighted by molar-refractivity contribution is 5.96. The average molecular weight is 1200 g/mol. The van der Waals surface area contributed by atoms with Crippen LogP contribution in [0.4, 0.5) is 0 Å². The molecule has 2 heterocycles. The van der Waals surface area contributed by atoms with Crippen molar-refractivity contribution in [1.82, 2.24) is 61.9 Å². The van der Waals surface area contributed by atoms with Crippen molar-refractivity contribution >= 4 is 23.5 Å². The number of benzene rings is 2. The Morgan fingerprint density at radius 1 is 0.558 bits per heavy atom. The maximum Gasteiger partial charge on any atom is 0.251 e. The maximum absolute atomic E-state index is 12.8. The van der Waals surface area contributed by atoms with Gasteiger partial charge in [-0.15, -0.1) is 10.2 Å². The summed E-state index contributed by atoms with van der Waals surface area (Å²) >= 11 is 0. The lowest BCUT2D eigenvalue weighted by Gasteiger charge is -2.24. The summed E-state index contributed by atoms with van der Waals surface area (Å²) in [5.41, 5.74) is 5.41. The number of amides is 3. The lowest BCUT2D eigenvalue weighted by Crippen LogP contribution is -2.40. The first-order valence-corrected chi connectivity index (χ1v) is 32.0. The number of ketones is 1. The minimum absolute atomic E-state index is 0.00706. The minimum atomic E-state index is -0.242. The number of fused-ring (bicyclic) bond motifs is 2. The summed E-state index contributed by atoms with van der Waals surface area (Å²) in [6.45, 7) is 23.7. The van der Waals surface area contributed by atoms with Gasteiger partial charge in [0.05, 0.1) is 30.3 Å². The summed E-state index contributed by atoms with van der Waals surface area (Å²) in [4.78, 5) is 50.4. The fourth-order valence-electron chi connectivity index (χ4n) is 9.85. The van der Waals surface area contributed by atoms with Crippen LogP contribution in [0.3, 0.4) is 0 Å². The summed E-state index contributed by atoms with van der Waals surface area (Å²) in [7, 11) is 5.80. The molecule has 20 heteroatoms. The molecule has 6 rings (SSSR count). The molecule has 2 aromatic carbocycles. The third-order valence-corrected chi connectivity index (χ3v) is 17.2. The van der Waals surface area contributed by atoms with Gasteiger partial charge in [-0.1, -0.05) is 63.3 Å². The standard InChI is InChI=1S/2C33H54N6O4/c1-32(2,34-5)19-21-36-30(41)24-43-29-14-9-7-8-12-27-31(29)39(38-37-27)22-11-10-13-28(40)25-15-17-26(18-16-25)42-23-20-33(3,4)35-6;1-7-32(2,3)19-23-42-26-16-14-25(15-17-26)31(41)36-20-11-22-39-27-12-9-8-10-13-28(30(27)37-38-39)43-24-29(40)35-21-18-33(4,5)34-6/h15-18,29,34-35H,7-14,19-24H2,1-6H3,(H,36,41);14-17,28,34H,7-13,18-24H2,1-6H3,(H,35,40)(H,36,41). The van der Waals surface area contributed by atoms with Crippen molar-refractivity contribution in [3.8, 4) is 11.5 Å². The van der Waals surface area contributed by atoms with E-state index in [0.717, 1.165) is 150 Å². The molecule has 2 unspecified atom stereocenters. The predicted octanol–water partition coefficient (Wildman–Crippen LogP) is 9.76. The Bertz CT molecular complexity index is 2650. The lowest BCUT2D eigenvalue weighted by atomic mass is 9.87. The van der Waals surface area contributed by atoms with Crippen molar-refractivity contribution in [3.05, 3.63) is 82.4 Å². The lowest BCUT2D eigenvalue weighted by molar-refractivity contribution is -0.128. The van der Waals surface area contributed by atoms with Crippen LogP contribution < -0.4 is 41.4 Å². The van der Waals surface area contributed by atoms with Crippen LogP contribution in [0.5, 0.6) is 11.5 Å². The quantitative estimate of drug-likeness (QED) is 0.0186. The van der Waals surface area contributed by atoms with E-state index < -0.39 is 0 Å². The van der Waals surface area contributed by atoms with Crippen molar-refractivity contribution < 1.29 is 38.1 Å². The van der Waals surface area contributed by atoms with Crippen molar-refractivity contribution in [1.29, 1.82) is 0 Å². The zero-order valence-corrected chi connectivity index (χ0v) is 54.5. The highest BCUT2D eigenvalue weighted by Gasteiger charge is 2.28. The predicted molar refractivity (Wildman–Crippen MR) is 339 cm³/mol. The Hall–Kier alpha value is -5.80. The van der Waals surface area contributed by atoms with E-state index >= 15 is 0 Å². The zero-order valence-electron chi connectivity index (χ0n) is 54.5. The fourth-order valence-corrected chi connectivity index (χ4v) is 9.85. The molecule has 0 saturated heterocycles. The molecule has 0 aliphatic heterocycles. The van der Waals surface area contributed by atoms with Gasteiger partial charge in [-0.05, 0) is 200 Å². The molecule has 2 aliphatic carbocycles. The normalized spacial score (nSPS) is 15.8. The Labute approximate surface area is 514 Å². The van der Waals surface area contributed by atoms with Crippen molar-refractivity contribution in [2.45, 2.75) is 226 Å². The largest absolute Gasteiger partial charge is 0.494 e. The topological polar surface area (TPSA) is 239 Å². The molecular formula is C66H108N12O8. The fraction of sp³-hybridized carbons (Fsp3) is 0.697. The van der Waals surface area contributed by atoms with E-state index in [1.165, 1.54) is 0 Å². The number of aryl methyl sites for hydroxylation is 3. The van der Waals surface area contributed by atoms with Crippen LogP contribution in [-0.2, 0) is 45.0 Å². The van der Waals surface area contributed by atoms with Crippen molar-refractivity contribution in [2.24, 2.45) is 5.41 Å². The first kappa shape index (κ1) is 71.0. The Balaban J connectivity index is 0.000000314. The molecule has 4 aromatic rings. The average Bonchev–Trinajstić information content (AvgIpc) is 2.18. The highest BCUT2D eigenvalue weighted by Crippen LogP contribution is 2.32. The first-order chi connectivity index (χ1) is 41.1. The molecule has 480 valence electrons. The monoisotopic (exact) mass is 1200 g/mol. The van der Waals surface area contributed by atoms with Crippen molar-refractivity contribution in [3.63, 3.8) is 0 Å². The third-order valence-electron chi connectivity index (χ3n) is 17.2. The molecule has 0 fully saturated rings. The van der Waals surface area contributed by atoms with Crippen LogP contribution in [0.2, 0.25) is 0 Å². The van der Waals surface area contributed by atoms with Gasteiger partial charge in [0.1, 0.15) is 42.6 Å². The molecule has 20 nitrogen and oxygen atoms in total. The molecule has 2 aliphatic rings. The summed E-state index contributed by atoms with van der Waals surface area (Å²) in [5, 5.41) is 36.5. The SMILES string of the molecule is CCC(C)(C)CCOc1ccc(C(=O)NCCCn2nnc3c2CCCCCC3OCC(=O)NCCC(C)(C)NC)cc1.CNC(C)(C)CCNC(=O)COC1CCCCCc2nnn(CCCCC(=O)c3ccc(OCCC(C)(C)NC)cc3)c21. The number of unbranched alkanes of at least 4 members (excludes halogenated alkanes) is 1. The number of ether oxygens (including phenoxy) is 4. The number of carbonyl (C=O) groups is 4. The smallest absolute Gasteiger partial charge is 0.251 e. The van der Waals surface area contributed by atoms with Gasteiger partial charge in [-0.2, -0.15) is 0 Å². The molecule has 2 atom stereocenters. The molecule has 0 spiro atoms. The van der Waals surface area contributed by atoms with Crippen LogP contribution in [0.1, 0.15) is 227 Å². The summed E-state index contributed by atoms with van der Waals surface area (Å²) in [6.07, 6.45) is 16.8. The number of aromatic nitrogens is 6. The Morgan fingerprint density at radius 2 is 1.08 bits per heavy atom. The van der Waals surface area contributed by atoms with Crippen molar-refractivity contribution in [2.75, 3.05) is 67.2 Å². The summed E-state index contributed by atoms with van der Waals surface area (Å²) in [6, 6.07) is 14.8. The molecule has 3 amide bonds. The van der Waals surface area contributed by atoms with E-state index in [2.05, 4.69) is 115 Å². The van der Waals surface area contributed by atoms with Gasteiger partial charge in [0.15, 0.2) is 5.78 Å². The van der Waals surface area contributed by atoms with E-state index in [9.17, 15) is 19.2 Å². The van der Waals surface area contributed by atoms with Gasteiger partial charge in [0, 0.05) is 66.9 Å². The minimum Gasteiger partial charge on any atom is -0.494 e. The Morgan fingerprint density at radius 3 is 1.67 bits per heavy atom. The van der Waals surface area contributed by atoms with Crippen LogP contribution >= 0.6 is 0 Å². The first-order valence-electron chi connectivity index (χ1n) is 32.0. The van der Waals surface area contributed by atoms with E-state index in [4.69, 9.17) is 18.9 Å². The molecule has 2 aromatic heterocycles. The van der Waals surface area contributed by atoms with Gasteiger partial charge in [-0.3, -0.25) is 19.2 Å². The van der Waals surface area contributed by atoms with Gasteiger partial charge >= 0.3 is 0 Å².